The van der Waals surface area contributed by atoms with Gasteiger partial charge in [0.1, 0.15) is 5.65 Å². The van der Waals surface area contributed by atoms with E-state index in [9.17, 15) is 4.79 Å². The Morgan fingerprint density at radius 1 is 1.62 bits per heavy atom. The molecule has 0 bridgehead atoms. The summed E-state index contributed by atoms with van der Waals surface area (Å²) in [5.74, 6) is -0.562. The van der Waals surface area contributed by atoms with E-state index in [0.29, 0.717) is 0 Å². The molecule has 5 heteroatoms. The van der Waals surface area contributed by atoms with Crippen molar-refractivity contribution in [1.29, 1.82) is 0 Å². The second kappa shape index (κ2) is 4.16. The smallest absolute Gasteiger partial charge is 0.267 e. The number of hydroxylamine groups is 1. The average Bonchev–Trinajstić information content (AvgIpc) is 2.67. The summed E-state index contributed by atoms with van der Waals surface area (Å²) in [5, 5.41) is 9.33. The maximum absolute atomic E-state index is 10.8. The van der Waals surface area contributed by atoms with Gasteiger partial charge in [0.25, 0.3) is 5.91 Å². The fourth-order valence-corrected chi connectivity index (χ4v) is 1.47. The fourth-order valence-electron chi connectivity index (χ4n) is 1.47. The number of carbonyl (C=O) groups excluding carboxylic acids is 1. The lowest BCUT2D eigenvalue weighted by Gasteiger charge is -1.96. The molecular weight excluding hydrogens is 206 g/mol. The zero-order valence-electron chi connectivity index (χ0n) is 8.71. The molecule has 82 valence electrons. The molecule has 2 N–H and O–H groups in total. The highest BCUT2D eigenvalue weighted by atomic mass is 16.5. The molecule has 0 saturated heterocycles. The summed E-state index contributed by atoms with van der Waals surface area (Å²) in [5.41, 5.74) is 3.23. The van der Waals surface area contributed by atoms with E-state index in [1.807, 2.05) is 29.9 Å². The second-order valence-electron chi connectivity index (χ2n) is 3.42. The van der Waals surface area contributed by atoms with Crippen molar-refractivity contribution in [2.45, 2.75) is 0 Å². The van der Waals surface area contributed by atoms with Crippen molar-refractivity contribution < 1.29 is 10.0 Å². The minimum Gasteiger partial charge on any atom is -0.336 e. The Kier molecular flexibility index (Phi) is 2.70. The summed E-state index contributed by atoms with van der Waals surface area (Å²) in [6, 6.07) is 3.87. The number of hydrogen-bond acceptors (Lipinski definition) is 3. The summed E-state index contributed by atoms with van der Waals surface area (Å²) in [6.07, 6.45) is 6.42. The van der Waals surface area contributed by atoms with Crippen molar-refractivity contribution in [3.8, 4) is 0 Å². The monoisotopic (exact) mass is 217 g/mol. The highest BCUT2D eigenvalue weighted by Crippen LogP contribution is 2.14. The minimum absolute atomic E-state index is 0.562. The van der Waals surface area contributed by atoms with E-state index in [1.165, 1.54) is 11.6 Å². The summed E-state index contributed by atoms with van der Waals surface area (Å²) in [7, 11) is 1.92. The van der Waals surface area contributed by atoms with E-state index in [2.05, 4.69) is 4.98 Å². The van der Waals surface area contributed by atoms with Crippen molar-refractivity contribution in [3.05, 3.63) is 36.2 Å². The molecule has 5 nitrogen and oxygen atoms in total. The van der Waals surface area contributed by atoms with Crippen LogP contribution in [0.25, 0.3) is 17.1 Å². The predicted octanol–water partition coefficient (Wildman–Crippen LogP) is 1.09. The van der Waals surface area contributed by atoms with Gasteiger partial charge >= 0.3 is 0 Å². The van der Waals surface area contributed by atoms with Crippen LogP contribution >= 0.6 is 0 Å². The zero-order valence-corrected chi connectivity index (χ0v) is 8.71. The van der Waals surface area contributed by atoms with E-state index in [1.54, 1.807) is 12.3 Å². The molecule has 0 aliphatic rings. The first kappa shape index (κ1) is 10.4. The molecule has 1 amide bonds. The Labute approximate surface area is 92.0 Å². The van der Waals surface area contributed by atoms with E-state index >= 15 is 0 Å². The number of amides is 1. The lowest BCUT2D eigenvalue weighted by atomic mass is 10.2. The number of rotatable bonds is 2. The number of fused-ring (bicyclic) bond motifs is 1. The SMILES string of the molecule is Cn1ccc2cc(/C=C/C(=O)NO)cnc21. The number of aryl methyl sites for hydroxylation is 1. The van der Waals surface area contributed by atoms with Crippen molar-refractivity contribution in [3.63, 3.8) is 0 Å². The Morgan fingerprint density at radius 2 is 2.44 bits per heavy atom. The van der Waals surface area contributed by atoms with Gasteiger partial charge in [-0.3, -0.25) is 10.0 Å². The van der Waals surface area contributed by atoms with Gasteiger partial charge in [0, 0.05) is 30.9 Å². The van der Waals surface area contributed by atoms with Crippen LogP contribution in [0.4, 0.5) is 0 Å². The van der Waals surface area contributed by atoms with Gasteiger partial charge in [-0.2, -0.15) is 0 Å². The standard InChI is InChI=1S/C11H11N3O2/c1-14-5-4-9-6-8(7-12-11(9)14)2-3-10(15)13-16/h2-7,16H,1H3,(H,13,15)/b3-2+. The van der Waals surface area contributed by atoms with Crippen molar-refractivity contribution in [2.24, 2.45) is 7.05 Å². The van der Waals surface area contributed by atoms with Gasteiger partial charge in [-0.25, -0.2) is 10.5 Å². The Bertz CT molecular complexity index is 557. The van der Waals surface area contributed by atoms with Crippen LogP contribution in [0.2, 0.25) is 0 Å². The molecule has 0 radical (unpaired) electrons. The van der Waals surface area contributed by atoms with Crippen LogP contribution in [0.5, 0.6) is 0 Å². The molecule has 0 saturated carbocycles. The van der Waals surface area contributed by atoms with Gasteiger partial charge in [0.2, 0.25) is 0 Å². The molecule has 2 aromatic heterocycles. The highest BCUT2D eigenvalue weighted by molar-refractivity contribution is 5.91. The van der Waals surface area contributed by atoms with Crippen molar-refractivity contribution in [2.75, 3.05) is 0 Å². The van der Waals surface area contributed by atoms with Crippen LogP contribution in [-0.4, -0.2) is 20.7 Å². The first-order valence-electron chi connectivity index (χ1n) is 4.74. The molecule has 16 heavy (non-hydrogen) atoms. The number of aromatic nitrogens is 2. The van der Waals surface area contributed by atoms with E-state index < -0.39 is 5.91 Å². The van der Waals surface area contributed by atoms with Crippen LogP contribution in [0.3, 0.4) is 0 Å². The molecule has 0 fully saturated rings. The topological polar surface area (TPSA) is 67.2 Å². The summed E-state index contributed by atoms with van der Waals surface area (Å²) in [4.78, 5) is 15.0. The molecule has 0 aliphatic carbocycles. The van der Waals surface area contributed by atoms with Crippen LogP contribution in [-0.2, 0) is 11.8 Å². The van der Waals surface area contributed by atoms with Gasteiger partial charge in [0.15, 0.2) is 0 Å². The average molecular weight is 217 g/mol. The molecule has 0 atom stereocenters. The molecule has 0 aliphatic heterocycles. The number of carbonyl (C=O) groups is 1. The molecule has 2 rings (SSSR count). The first-order chi connectivity index (χ1) is 7.70. The number of nitrogens with one attached hydrogen (secondary N) is 1. The van der Waals surface area contributed by atoms with Gasteiger partial charge in [-0.05, 0) is 23.8 Å². The lowest BCUT2D eigenvalue weighted by molar-refractivity contribution is -0.124. The third-order valence-corrected chi connectivity index (χ3v) is 2.27. The van der Waals surface area contributed by atoms with Gasteiger partial charge < -0.3 is 4.57 Å². The molecule has 0 aromatic carbocycles. The van der Waals surface area contributed by atoms with E-state index in [4.69, 9.17) is 5.21 Å². The summed E-state index contributed by atoms with van der Waals surface area (Å²) >= 11 is 0. The minimum atomic E-state index is -0.562. The maximum atomic E-state index is 10.8. The van der Waals surface area contributed by atoms with Gasteiger partial charge in [0.05, 0.1) is 0 Å². The van der Waals surface area contributed by atoms with Crippen LogP contribution in [0, 0.1) is 0 Å². The van der Waals surface area contributed by atoms with E-state index in [0.717, 1.165) is 16.6 Å². The number of pyridine rings is 1. The van der Waals surface area contributed by atoms with Crippen molar-refractivity contribution in [1.82, 2.24) is 15.0 Å². The van der Waals surface area contributed by atoms with Crippen molar-refractivity contribution >= 4 is 23.0 Å². The quantitative estimate of drug-likeness (QED) is 0.449. The Hall–Kier alpha value is -2.14. The maximum Gasteiger partial charge on any atom is 0.267 e. The number of hydrogen-bond donors (Lipinski definition) is 2. The first-order valence-corrected chi connectivity index (χ1v) is 4.74. The van der Waals surface area contributed by atoms with Crippen LogP contribution in [0.1, 0.15) is 5.56 Å². The third-order valence-electron chi connectivity index (χ3n) is 2.27. The number of nitrogens with zero attached hydrogens (tertiary/aromatic N) is 2. The lowest BCUT2D eigenvalue weighted by Crippen LogP contribution is -2.14. The molecule has 0 spiro atoms. The van der Waals surface area contributed by atoms with E-state index in [-0.39, 0.29) is 0 Å². The predicted molar refractivity (Wildman–Crippen MR) is 59.7 cm³/mol. The fraction of sp³-hybridized carbons (Fsp3) is 0.0909. The molecule has 0 unspecified atom stereocenters. The third kappa shape index (κ3) is 1.94. The molecule has 2 aromatic rings. The van der Waals surface area contributed by atoms with Gasteiger partial charge in [-0.1, -0.05) is 0 Å². The summed E-state index contributed by atoms with van der Waals surface area (Å²) < 4.78 is 1.92. The zero-order chi connectivity index (χ0) is 11.5. The van der Waals surface area contributed by atoms with Crippen LogP contribution < -0.4 is 5.48 Å². The second-order valence-corrected chi connectivity index (χ2v) is 3.42. The Balaban J connectivity index is 2.33. The van der Waals surface area contributed by atoms with Gasteiger partial charge in [-0.15, -0.1) is 0 Å². The highest BCUT2D eigenvalue weighted by Gasteiger charge is 1.99. The normalized spacial score (nSPS) is 11.1. The largest absolute Gasteiger partial charge is 0.336 e. The molecular formula is C11H11N3O2. The Morgan fingerprint density at radius 3 is 3.19 bits per heavy atom. The van der Waals surface area contributed by atoms with Crippen LogP contribution in [0.15, 0.2) is 30.6 Å². The summed E-state index contributed by atoms with van der Waals surface area (Å²) in [6.45, 7) is 0. The molecule has 2 heterocycles.